The highest BCUT2D eigenvalue weighted by Gasteiger charge is 2.40. The summed E-state index contributed by atoms with van der Waals surface area (Å²) in [7, 11) is 0. The number of Topliss-reactive ketones (excluding diaryl/α,β-unsaturated/α-hetero) is 1. The highest BCUT2D eigenvalue weighted by Crippen LogP contribution is 2.38. The number of imidazole rings is 1. The van der Waals surface area contributed by atoms with Crippen molar-refractivity contribution in [3.63, 3.8) is 0 Å². The van der Waals surface area contributed by atoms with Gasteiger partial charge in [0.15, 0.2) is 5.65 Å². The number of halogens is 3. The van der Waals surface area contributed by atoms with Crippen LogP contribution in [0.5, 0.6) is 0 Å². The number of carbonyl (C=O) groups is 1. The summed E-state index contributed by atoms with van der Waals surface area (Å²) in [5.74, 6) is -1.62. The van der Waals surface area contributed by atoms with E-state index >= 15 is 0 Å². The van der Waals surface area contributed by atoms with Crippen LogP contribution in [0.3, 0.4) is 0 Å². The molecule has 1 aliphatic rings. The number of ketones is 1. The third-order valence-corrected chi connectivity index (χ3v) is 3.07. The Bertz CT molecular complexity index is 643. The fraction of sp³-hybridized carbons (Fsp3) is 0.417. The maximum Gasteiger partial charge on any atom is 0.450 e. The minimum Gasteiger partial charge on any atom is -0.309 e. The first kappa shape index (κ1) is 12.1. The number of fused-ring (bicyclic) bond motifs is 1. The van der Waals surface area contributed by atoms with Gasteiger partial charge in [-0.15, -0.1) is 0 Å². The van der Waals surface area contributed by atoms with Crippen molar-refractivity contribution in [3.8, 4) is 0 Å². The molecule has 1 saturated carbocycles. The number of aromatic nitrogens is 3. The molecule has 0 bridgehead atoms. The zero-order valence-corrected chi connectivity index (χ0v) is 9.81. The molecule has 19 heavy (non-hydrogen) atoms. The molecule has 7 heteroatoms. The van der Waals surface area contributed by atoms with Crippen molar-refractivity contribution >= 4 is 16.9 Å². The first-order chi connectivity index (χ1) is 8.97. The lowest BCUT2D eigenvalue weighted by Crippen LogP contribution is -2.26. The van der Waals surface area contributed by atoms with Gasteiger partial charge in [-0.2, -0.15) is 13.2 Å². The molecule has 0 radical (unpaired) electrons. The number of pyridine rings is 1. The molecule has 0 spiro atoms. The van der Waals surface area contributed by atoms with Gasteiger partial charge in [-0.25, -0.2) is 9.97 Å². The lowest BCUT2D eigenvalue weighted by Gasteiger charge is -2.07. The van der Waals surface area contributed by atoms with Crippen molar-refractivity contribution < 1.29 is 18.0 Å². The van der Waals surface area contributed by atoms with E-state index in [4.69, 9.17) is 0 Å². The van der Waals surface area contributed by atoms with Gasteiger partial charge < -0.3 is 4.57 Å². The van der Waals surface area contributed by atoms with Gasteiger partial charge in [-0.05, 0) is 25.0 Å². The van der Waals surface area contributed by atoms with Gasteiger partial charge in [0.25, 0.3) is 0 Å². The van der Waals surface area contributed by atoms with Gasteiger partial charge >= 0.3 is 6.18 Å². The Hall–Kier alpha value is -1.92. The van der Waals surface area contributed by atoms with Crippen molar-refractivity contribution in [2.75, 3.05) is 0 Å². The maximum absolute atomic E-state index is 12.3. The van der Waals surface area contributed by atoms with Crippen LogP contribution in [-0.2, 0) is 11.2 Å². The summed E-state index contributed by atoms with van der Waals surface area (Å²) in [6.07, 6.45) is -2.21. The van der Waals surface area contributed by atoms with E-state index in [9.17, 15) is 18.0 Å². The second kappa shape index (κ2) is 4.04. The fourth-order valence-corrected chi connectivity index (χ4v) is 2.06. The van der Waals surface area contributed by atoms with Crippen molar-refractivity contribution in [3.05, 3.63) is 24.2 Å². The summed E-state index contributed by atoms with van der Waals surface area (Å²) in [6.45, 7) is 0. The fourth-order valence-electron chi connectivity index (χ4n) is 2.06. The predicted molar refractivity (Wildman–Crippen MR) is 60.6 cm³/mol. The maximum atomic E-state index is 12.3. The number of nitrogens with zero attached hydrogens (tertiary/aromatic N) is 3. The Labute approximate surface area is 106 Å². The van der Waals surface area contributed by atoms with E-state index < -0.39 is 18.4 Å². The van der Waals surface area contributed by atoms with Crippen molar-refractivity contribution in [1.29, 1.82) is 0 Å². The monoisotopic (exact) mass is 269 g/mol. The molecular weight excluding hydrogens is 259 g/mol. The lowest BCUT2D eigenvalue weighted by molar-refractivity contribution is -0.170. The SMILES string of the molecule is O=C(Cc1nc2cccnc2n1C1CC1)C(F)(F)F. The van der Waals surface area contributed by atoms with Crippen LogP contribution in [0.25, 0.3) is 11.2 Å². The third-order valence-electron chi connectivity index (χ3n) is 3.07. The Morgan fingerprint density at radius 1 is 1.42 bits per heavy atom. The lowest BCUT2D eigenvalue weighted by atomic mass is 10.2. The first-order valence-corrected chi connectivity index (χ1v) is 5.88. The summed E-state index contributed by atoms with van der Waals surface area (Å²) >= 11 is 0. The highest BCUT2D eigenvalue weighted by molar-refractivity contribution is 5.86. The van der Waals surface area contributed by atoms with Crippen LogP contribution >= 0.6 is 0 Å². The molecule has 0 aromatic carbocycles. The van der Waals surface area contributed by atoms with Crippen LogP contribution in [0.4, 0.5) is 13.2 Å². The summed E-state index contributed by atoms with van der Waals surface area (Å²) < 4.78 is 38.7. The predicted octanol–water partition coefficient (Wildman–Crippen LogP) is 2.44. The summed E-state index contributed by atoms with van der Waals surface area (Å²) in [5, 5.41) is 0. The molecule has 4 nitrogen and oxygen atoms in total. The average molecular weight is 269 g/mol. The van der Waals surface area contributed by atoms with Gasteiger partial charge in [0.1, 0.15) is 11.3 Å². The molecule has 3 rings (SSSR count). The molecule has 1 fully saturated rings. The van der Waals surface area contributed by atoms with E-state index in [0.29, 0.717) is 11.2 Å². The molecule has 0 saturated heterocycles. The topological polar surface area (TPSA) is 47.8 Å². The van der Waals surface area contributed by atoms with E-state index in [-0.39, 0.29) is 11.9 Å². The number of hydrogen-bond acceptors (Lipinski definition) is 3. The molecule has 0 atom stereocenters. The second-order valence-electron chi connectivity index (χ2n) is 4.57. The minimum absolute atomic E-state index is 0.121. The average Bonchev–Trinajstić information content (AvgIpc) is 3.09. The van der Waals surface area contributed by atoms with Crippen molar-refractivity contribution in [2.24, 2.45) is 0 Å². The number of carbonyl (C=O) groups excluding carboxylic acids is 1. The molecule has 1 aliphatic carbocycles. The second-order valence-corrected chi connectivity index (χ2v) is 4.57. The van der Waals surface area contributed by atoms with Crippen LogP contribution in [0.2, 0.25) is 0 Å². The Balaban J connectivity index is 2.03. The third kappa shape index (κ3) is 2.20. The molecular formula is C12H10F3N3O. The highest BCUT2D eigenvalue weighted by atomic mass is 19.4. The van der Waals surface area contributed by atoms with Crippen molar-refractivity contribution in [1.82, 2.24) is 14.5 Å². The Kier molecular flexibility index (Phi) is 2.58. The summed E-state index contributed by atoms with van der Waals surface area (Å²) in [4.78, 5) is 19.4. The summed E-state index contributed by atoms with van der Waals surface area (Å²) in [5.41, 5.74) is 1.08. The number of alkyl halides is 3. The Morgan fingerprint density at radius 2 is 2.16 bits per heavy atom. The molecule has 2 aromatic heterocycles. The molecule has 0 N–H and O–H groups in total. The van der Waals surface area contributed by atoms with E-state index in [1.807, 2.05) is 0 Å². The molecule has 2 aromatic rings. The van der Waals surface area contributed by atoms with Crippen LogP contribution < -0.4 is 0 Å². The minimum atomic E-state index is -4.82. The van der Waals surface area contributed by atoms with E-state index in [0.717, 1.165) is 12.8 Å². The quantitative estimate of drug-likeness (QED) is 0.859. The zero-order chi connectivity index (χ0) is 13.6. The van der Waals surface area contributed by atoms with E-state index in [1.165, 1.54) is 0 Å². The molecule has 0 amide bonds. The smallest absolute Gasteiger partial charge is 0.309 e. The first-order valence-electron chi connectivity index (χ1n) is 5.88. The van der Waals surface area contributed by atoms with Crippen LogP contribution in [-0.4, -0.2) is 26.5 Å². The van der Waals surface area contributed by atoms with Crippen LogP contribution in [0.15, 0.2) is 18.3 Å². The normalized spacial score (nSPS) is 15.9. The van der Waals surface area contributed by atoms with Gasteiger partial charge in [-0.1, -0.05) is 0 Å². The molecule has 0 aliphatic heterocycles. The molecule has 100 valence electrons. The molecule has 2 heterocycles. The van der Waals surface area contributed by atoms with Crippen LogP contribution in [0, 0.1) is 0 Å². The molecule has 0 unspecified atom stereocenters. The number of rotatable bonds is 3. The van der Waals surface area contributed by atoms with Gasteiger partial charge in [0.05, 0.1) is 6.42 Å². The van der Waals surface area contributed by atoms with E-state index in [1.54, 1.807) is 22.9 Å². The Morgan fingerprint density at radius 3 is 2.79 bits per heavy atom. The largest absolute Gasteiger partial charge is 0.450 e. The van der Waals surface area contributed by atoms with Gasteiger partial charge in [-0.3, -0.25) is 4.79 Å². The summed E-state index contributed by atoms with van der Waals surface area (Å²) in [6, 6.07) is 3.47. The van der Waals surface area contributed by atoms with Crippen molar-refractivity contribution in [2.45, 2.75) is 31.5 Å². The number of hydrogen-bond donors (Lipinski definition) is 0. The standard InChI is InChI=1S/C12H10F3N3O/c13-12(14,15)9(19)6-10-17-8-2-1-5-16-11(8)18(10)7-3-4-7/h1-2,5,7H,3-4,6H2. The van der Waals surface area contributed by atoms with Gasteiger partial charge in [0.2, 0.25) is 5.78 Å². The van der Waals surface area contributed by atoms with Crippen LogP contribution in [0.1, 0.15) is 24.7 Å². The zero-order valence-electron chi connectivity index (χ0n) is 9.81. The van der Waals surface area contributed by atoms with Gasteiger partial charge in [0, 0.05) is 12.2 Å². The van der Waals surface area contributed by atoms with E-state index in [2.05, 4.69) is 9.97 Å².